The fourth-order valence-corrected chi connectivity index (χ4v) is 13.7. The zero-order valence-electron chi connectivity index (χ0n) is 43.2. The first-order valence-corrected chi connectivity index (χ1v) is 27.2. The lowest BCUT2D eigenvalue weighted by Crippen LogP contribution is -2.73. The first kappa shape index (κ1) is 48.8. The minimum Gasteiger partial charge on any atom is -0.464 e. The summed E-state index contributed by atoms with van der Waals surface area (Å²) in [5.41, 5.74) is 12.4. The lowest BCUT2D eigenvalue weighted by Gasteiger charge is -2.58. The summed E-state index contributed by atoms with van der Waals surface area (Å²) >= 11 is 1.57. The van der Waals surface area contributed by atoms with Gasteiger partial charge in [0.15, 0.2) is 0 Å². The monoisotopic (exact) mass is 988 g/mol. The molecule has 0 radical (unpaired) electrons. The van der Waals surface area contributed by atoms with Crippen molar-refractivity contribution < 1.29 is 28.6 Å². The minimum atomic E-state index is -0.925. The van der Waals surface area contributed by atoms with Gasteiger partial charge in [0.05, 0.1) is 55.1 Å². The van der Waals surface area contributed by atoms with E-state index in [9.17, 15) is 9.59 Å². The molecular weight excluding hydrogens is 915 g/mol. The third-order valence-corrected chi connectivity index (χ3v) is 18.5. The van der Waals surface area contributed by atoms with E-state index in [0.29, 0.717) is 32.5 Å². The van der Waals surface area contributed by atoms with Gasteiger partial charge >= 0.3 is 5.97 Å². The van der Waals surface area contributed by atoms with Gasteiger partial charge in [-0.25, -0.2) is 10.4 Å². The zero-order valence-corrected chi connectivity index (χ0v) is 44.0. The first-order chi connectivity index (χ1) is 34.1. The Bertz CT molecular complexity index is 2670. The van der Waals surface area contributed by atoms with Gasteiger partial charge in [0.2, 0.25) is 5.91 Å². The van der Waals surface area contributed by atoms with Crippen molar-refractivity contribution in [1.29, 1.82) is 0 Å². The van der Waals surface area contributed by atoms with Crippen molar-refractivity contribution in [3.63, 3.8) is 0 Å². The van der Waals surface area contributed by atoms with E-state index in [-0.39, 0.29) is 71.7 Å². The average Bonchev–Trinajstić information content (AvgIpc) is 3.58. The van der Waals surface area contributed by atoms with Gasteiger partial charge in [-0.1, -0.05) is 39.5 Å². The van der Waals surface area contributed by atoms with E-state index >= 15 is 4.79 Å². The number of ether oxygens (including phenoxy) is 3. The van der Waals surface area contributed by atoms with E-state index in [1.807, 2.05) is 6.20 Å². The fourth-order valence-electron chi connectivity index (χ4n) is 12.7. The van der Waals surface area contributed by atoms with Crippen LogP contribution in [0, 0.1) is 46.3 Å². The Morgan fingerprint density at radius 1 is 1.07 bits per heavy atom. The number of allylic oxidation sites excluding steroid dienone is 1. The summed E-state index contributed by atoms with van der Waals surface area (Å²) in [6.45, 7) is 22.8. The third-order valence-electron chi connectivity index (χ3n) is 17.6. The molecule has 2 saturated carbocycles. The molecule has 6 aliphatic heterocycles. The SMILES string of the molecule is CCn1c2c3c(c1-c1cc(C#C[C@@H](C)N4CCN(C)CC4)cnc1[C@H](C)OC)CC(C)(C)COC(=O)[C@H]1NN(C(=O)[C@@H](NC(=O)C4[C@@H](C)[C@H]4C)C(N4CC5(COC5)C4)c4nc(cs4)C(=C3)CC2)C2CC1C2. The number of esters is 1. The number of pyridine rings is 1. The maximum absolute atomic E-state index is 15.3. The van der Waals surface area contributed by atoms with Crippen LogP contribution in [-0.4, -0.2) is 149 Å². The molecule has 9 aliphatic rings. The van der Waals surface area contributed by atoms with E-state index in [0.717, 1.165) is 97.4 Å². The Hall–Kier alpha value is -4.47. The number of nitrogens with one attached hydrogen (secondary N) is 2. The molecule has 7 fully saturated rings. The third kappa shape index (κ3) is 8.89. The van der Waals surface area contributed by atoms with Gasteiger partial charge in [-0.2, -0.15) is 0 Å². The summed E-state index contributed by atoms with van der Waals surface area (Å²) in [6.07, 6.45) is 7.53. The number of cyclic esters (lactones) is 1. The Labute approximate surface area is 423 Å². The summed E-state index contributed by atoms with van der Waals surface area (Å²) in [4.78, 5) is 61.7. The van der Waals surface area contributed by atoms with E-state index in [4.69, 9.17) is 24.2 Å². The van der Waals surface area contributed by atoms with Crippen molar-refractivity contribution in [1.82, 2.24) is 45.0 Å². The molecule has 2 N–H and O–H groups in total. The second-order valence-corrected chi connectivity index (χ2v) is 24.1. The summed E-state index contributed by atoms with van der Waals surface area (Å²) in [6, 6.07) is 0.105. The van der Waals surface area contributed by atoms with Crippen LogP contribution in [0.4, 0.5) is 0 Å². The molecule has 8 atom stereocenters. The van der Waals surface area contributed by atoms with Crippen LogP contribution in [0.2, 0.25) is 0 Å². The summed E-state index contributed by atoms with van der Waals surface area (Å²) in [5.74, 6) is 6.77. The topological polar surface area (TPSA) is 147 Å². The first-order valence-electron chi connectivity index (χ1n) is 26.3. The van der Waals surface area contributed by atoms with Crippen LogP contribution in [0.15, 0.2) is 17.6 Å². The standard InChI is InChI=1S/C55H73N9O6S/c1-10-63-43-14-13-36-22-39(43)41(48(63)40-19-35(24-56-45(40)34(5)68-9)12-11-31(2)61-17-15-60(8)16-18-61)23-54(6,7)28-70-53(67)46-37-20-38(21-37)64(59-46)52(66)47(58-50(65)44-32(3)33(44)4)49(51-57-42(36)25-71-51)62-26-55(27-62)29-69-30-55/h19,22,24-25,31-34,37-38,44,46-47,49,59H,10,13-18,20-21,23,26-30H2,1-9H3,(H,58,65)/t31-,32-,33+,34+,37?,38?,44?,46+,47+,49?/m1/s1. The number of rotatable bonds is 8. The summed E-state index contributed by atoms with van der Waals surface area (Å²) in [5, 5.41) is 7.95. The van der Waals surface area contributed by atoms with Gasteiger partial charge in [0.1, 0.15) is 17.1 Å². The van der Waals surface area contributed by atoms with Crippen molar-refractivity contribution in [2.45, 2.75) is 123 Å². The molecule has 3 aromatic heterocycles. The number of hydrazine groups is 1. The number of hydrogen-bond acceptors (Lipinski definition) is 13. The van der Waals surface area contributed by atoms with Crippen molar-refractivity contribution in [2.24, 2.45) is 34.5 Å². The summed E-state index contributed by atoms with van der Waals surface area (Å²) in [7, 11) is 3.91. The molecule has 71 heavy (non-hydrogen) atoms. The Balaban J connectivity index is 1.03. The number of carbonyl (C=O) groups is 3. The quantitative estimate of drug-likeness (QED) is 0.215. The maximum Gasteiger partial charge on any atom is 0.325 e. The fraction of sp³-hybridized carbons (Fsp3) is 0.655. The van der Waals surface area contributed by atoms with Crippen LogP contribution in [0.5, 0.6) is 0 Å². The van der Waals surface area contributed by atoms with Crippen molar-refractivity contribution in [3.05, 3.63) is 56.4 Å². The van der Waals surface area contributed by atoms with Gasteiger partial charge in [-0.05, 0) is 107 Å². The molecule has 3 aliphatic carbocycles. The number of fused-ring (bicyclic) bond motifs is 3. The highest BCUT2D eigenvalue weighted by Gasteiger charge is 2.58. The molecular formula is C55H73N9O6S. The zero-order chi connectivity index (χ0) is 49.7. The van der Waals surface area contributed by atoms with Crippen LogP contribution >= 0.6 is 11.3 Å². The molecule has 2 amide bonds. The molecule has 1 spiro atoms. The van der Waals surface area contributed by atoms with Gasteiger partial charge in [-0.3, -0.25) is 34.2 Å². The lowest BCUT2D eigenvalue weighted by atomic mass is 9.72. The molecule has 3 aromatic rings. The van der Waals surface area contributed by atoms with Crippen molar-refractivity contribution in [3.8, 4) is 23.1 Å². The van der Waals surface area contributed by atoms with Gasteiger partial charge < -0.3 is 29.0 Å². The number of likely N-dealkylation sites (tertiary alicyclic amines) is 1. The average molecular weight is 988 g/mol. The molecule has 16 heteroatoms. The number of amides is 2. The second kappa shape index (κ2) is 18.8. The van der Waals surface area contributed by atoms with E-state index in [1.54, 1.807) is 23.5 Å². The van der Waals surface area contributed by atoms with Crippen LogP contribution in [0.1, 0.15) is 119 Å². The number of thiazole rings is 1. The highest BCUT2D eigenvalue weighted by atomic mass is 32.1. The van der Waals surface area contributed by atoms with Gasteiger partial charge in [-0.15, -0.1) is 11.3 Å². The molecule has 2 unspecified atom stereocenters. The normalized spacial score (nSPS) is 31.1. The van der Waals surface area contributed by atoms with E-state index < -0.39 is 23.5 Å². The maximum atomic E-state index is 15.3. The molecule has 380 valence electrons. The van der Waals surface area contributed by atoms with Crippen LogP contribution < -0.4 is 10.7 Å². The molecule has 0 aromatic carbocycles. The van der Waals surface area contributed by atoms with Crippen molar-refractivity contribution in [2.75, 3.05) is 73.2 Å². The predicted octanol–water partition coefficient (Wildman–Crippen LogP) is 5.59. The second-order valence-electron chi connectivity index (χ2n) is 23.2. The van der Waals surface area contributed by atoms with Gasteiger partial charge in [0.25, 0.3) is 5.91 Å². The Kier molecular flexibility index (Phi) is 12.9. The molecule has 15 nitrogen and oxygen atoms in total. The number of carbonyl (C=O) groups excluding carboxylic acids is 3. The number of likely N-dealkylation sites (N-methyl/N-ethyl adjacent to an activating group) is 1. The van der Waals surface area contributed by atoms with Crippen LogP contribution in [0.3, 0.4) is 0 Å². The molecule has 8 bridgehead atoms. The number of hydrogen-bond donors (Lipinski definition) is 2. The van der Waals surface area contributed by atoms with E-state index in [1.165, 1.54) is 16.8 Å². The Morgan fingerprint density at radius 3 is 2.49 bits per heavy atom. The largest absolute Gasteiger partial charge is 0.464 e. The predicted molar refractivity (Wildman–Crippen MR) is 273 cm³/mol. The minimum absolute atomic E-state index is 0.0465. The van der Waals surface area contributed by atoms with Crippen LogP contribution in [-0.2, 0) is 48.0 Å². The molecule has 9 heterocycles. The van der Waals surface area contributed by atoms with Crippen molar-refractivity contribution >= 4 is 40.8 Å². The Morgan fingerprint density at radius 2 is 1.82 bits per heavy atom. The number of aromatic nitrogens is 3. The summed E-state index contributed by atoms with van der Waals surface area (Å²) < 4.78 is 20.6. The van der Waals surface area contributed by atoms with Gasteiger partial charge in [0, 0.05) is 104 Å². The number of piperazine rings is 1. The number of nitrogens with zero attached hydrogens (tertiary/aromatic N) is 7. The van der Waals surface area contributed by atoms with E-state index in [2.05, 4.69) is 115 Å². The van der Waals surface area contributed by atoms with Crippen LogP contribution in [0.25, 0.3) is 22.9 Å². The smallest absolute Gasteiger partial charge is 0.325 e. The highest BCUT2D eigenvalue weighted by molar-refractivity contribution is 7.09. The lowest BCUT2D eigenvalue weighted by molar-refractivity contribution is -0.204. The molecule has 12 rings (SSSR count). The number of methoxy groups -OCH3 is 1. The highest BCUT2D eigenvalue weighted by Crippen LogP contribution is 2.49. The molecule has 5 saturated heterocycles.